The van der Waals surface area contributed by atoms with Crippen LogP contribution in [0.5, 0.6) is 0 Å². The highest BCUT2D eigenvalue weighted by Gasteiger charge is 2.27. The Hall–Kier alpha value is -1.93. The molecule has 7 nitrogen and oxygen atoms in total. The summed E-state index contributed by atoms with van der Waals surface area (Å²) in [7, 11) is -3.63. The number of amides is 1. The van der Waals surface area contributed by atoms with Gasteiger partial charge < -0.3 is 10.5 Å². The van der Waals surface area contributed by atoms with Crippen molar-refractivity contribution in [2.45, 2.75) is 31.1 Å². The van der Waals surface area contributed by atoms with E-state index in [9.17, 15) is 18.0 Å². The van der Waals surface area contributed by atoms with E-state index in [0.717, 1.165) is 19.3 Å². The second-order valence-corrected chi connectivity index (χ2v) is 7.42. The first-order valence-corrected chi connectivity index (χ1v) is 8.82. The van der Waals surface area contributed by atoms with Crippen molar-refractivity contribution in [2.75, 3.05) is 19.7 Å². The Balaban J connectivity index is 2.28. The third kappa shape index (κ3) is 4.08. The molecular weight excluding hydrogens is 320 g/mol. The monoisotopic (exact) mass is 340 g/mol. The van der Waals surface area contributed by atoms with Gasteiger partial charge in [0.05, 0.1) is 10.5 Å². The van der Waals surface area contributed by atoms with Crippen molar-refractivity contribution in [3.05, 3.63) is 29.3 Å². The number of sulfonamides is 1. The molecule has 1 heterocycles. The molecule has 1 saturated heterocycles. The number of nitrogens with zero attached hydrogens (tertiary/aromatic N) is 1. The maximum Gasteiger partial charge on any atom is 0.338 e. The van der Waals surface area contributed by atoms with Crippen LogP contribution in [0.2, 0.25) is 0 Å². The summed E-state index contributed by atoms with van der Waals surface area (Å²) >= 11 is 0. The minimum absolute atomic E-state index is 0.0519. The van der Waals surface area contributed by atoms with Crippen LogP contribution in [0.15, 0.2) is 23.1 Å². The SMILES string of the molecule is Cc1ccc(S(=O)(=O)N2CCCCC2)cc1C(=O)OCC(N)=O. The first-order valence-electron chi connectivity index (χ1n) is 7.38. The van der Waals surface area contributed by atoms with Crippen molar-refractivity contribution in [3.63, 3.8) is 0 Å². The molecule has 1 amide bonds. The maximum absolute atomic E-state index is 12.6. The van der Waals surface area contributed by atoms with Gasteiger partial charge in [0.1, 0.15) is 0 Å². The van der Waals surface area contributed by atoms with Gasteiger partial charge in [-0.15, -0.1) is 0 Å². The Morgan fingerprint density at radius 1 is 1.22 bits per heavy atom. The van der Waals surface area contributed by atoms with Crippen LogP contribution in [0.4, 0.5) is 0 Å². The fourth-order valence-electron chi connectivity index (χ4n) is 2.45. The first-order chi connectivity index (χ1) is 10.8. The molecule has 2 rings (SSSR count). The lowest BCUT2D eigenvalue weighted by Gasteiger charge is -2.26. The zero-order valence-corrected chi connectivity index (χ0v) is 13.8. The van der Waals surface area contributed by atoms with Gasteiger partial charge in [0.2, 0.25) is 10.0 Å². The normalized spacial score (nSPS) is 16.0. The molecule has 1 aliphatic heterocycles. The maximum atomic E-state index is 12.6. The van der Waals surface area contributed by atoms with Crippen LogP contribution in [0.3, 0.4) is 0 Å². The standard InChI is InChI=1S/C15H20N2O5S/c1-11-5-6-12(9-13(11)15(19)22-10-14(16)18)23(20,21)17-7-3-2-4-8-17/h5-6,9H,2-4,7-8,10H2,1H3,(H2,16,18). The average molecular weight is 340 g/mol. The van der Waals surface area contributed by atoms with Gasteiger partial charge in [0.25, 0.3) is 5.91 Å². The van der Waals surface area contributed by atoms with E-state index in [0.29, 0.717) is 18.7 Å². The van der Waals surface area contributed by atoms with Crippen LogP contribution in [0.25, 0.3) is 0 Å². The molecule has 0 spiro atoms. The molecule has 23 heavy (non-hydrogen) atoms. The van der Waals surface area contributed by atoms with E-state index in [-0.39, 0.29) is 10.5 Å². The molecule has 1 aliphatic rings. The molecule has 1 aromatic carbocycles. The summed E-state index contributed by atoms with van der Waals surface area (Å²) in [4.78, 5) is 22.7. The fourth-order valence-corrected chi connectivity index (χ4v) is 3.99. The van der Waals surface area contributed by atoms with Gasteiger partial charge in [-0.25, -0.2) is 13.2 Å². The average Bonchev–Trinajstić information content (AvgIpc) is 2.53. The summed E-state index contributed by atoms with van der Waals surface area (Å²) in [5, 5.41) is 0. The number of aryl methyl sites for hydroxylation is 1. The largest absolute Gasteiger partial charge is 0.452 e. The van der Waals surface area contributed by atoms with Gasteiger partial charge in [0.15, 0.2) is 6.61 Å². The molecule has 1 fully saturated rings. The molecule has 0 aliphatic carbocycles. The summed E-state index contributed by atoms with van der Waals surface area (Å²) in [6.45, 7) is 2.09. The molecule has 0 bridgehead atoms. The van der Waals surface area contributed by atoms with Gasteiger partial charge in [-0.3, -0.25) is 4.79 Å². The number of piperidine rings is 1. The molecule has 8 heteroatoms. The summed E-state index contributed by atoms with van der Waals surface area (Å²) < 4.78 is 31.5. The fraction of sp³-hybridized carbons (Fsp3) is 0.467. The number of nitrogens with two attached hydrogens (primary N) is 1. The van der Waals surface area contributed by atoms with Crippen LogP contribution < -0.4 is 5.73 Å². The molecule has 1 aromatic rings. The molecule has 0 saturated carbocycles. The van der Waals surface area contributed by atoms with Crippen molar-refractivity contribution in [2.24, 2.45) is 5.73 Å². The molecule has 0 unspecified atom stereocenters. The summed E-state index contributed by atoms with van der Waals surface area (Å²) in [6, 6.07) is 4.32. The Kier molecular flexibility index (Phi) is 5.38. The van der Waals surface area contributed by atoms with Crippen molar-refractivity contribution >= 4 is 21.9 Å². The van der Waals surface area contributed by atoms with Gasteiger partial charge in [-0.1, -0.05) is 12.5 Å². The van der Waals surface area contributed by atoms with Gasteiger partial charge in [0, 0.05) is 13.1 Å². The van der Waals surface area contributed by atoms with Crippen LogP contribution in [-0.2, 0) is 19.6 Å². The molecule has 2 N–H and O–H groups in total. The number of hydrogen-bond donors (Lipinski definition) is 1. The highest BCUT2D eigenvalue weighted by Crippen LogP contribution is 2.23. The lowest BCUT2D eigenvalue weighted by Crippen LogP contribution is -2.35. The molecule has 0 aromatic heterocycles. The summed E-state index contributed by atoms with van der Waals surface area (Å²) in [6.07, 6.45) is 2.68. The van der Waals surface area contributed by atoms with Gasteiger partial charge in [-0.2, -0.15) is 4.31 Å². The number of primary amides is 1. The highest BCUT2D eigenvalue weighted by atomic mass is 32.2. The Morgan fingerprint density at radius 3 is 2.48 bits per heavy atom. The number of ether oxygens (including phenoxy) is 1. The third-order valence-electron chi connectivity index (χ3n) is 3.73. The second kappa shape index (κ2) is 7.10. The van der Waals surface area contributed by atoms with Gasteiger partial charge >= 0.3 is 5.97 Å². The van der Waals surface area contributed by atoms with Crippen molar-refractivity contribution in [3.8, 4) is 0 Å². The van der Waals surface area contributed by atoms with Crippen LogP contribution in [0.1, 0.15) is 35.2 Å². The lowest BCUT2D eigenvalue weighted by atomic mass is 10.1. The van der Waals surface area contributed by atoms with E-state index < -0.39 is 28.5 Å². The zero-order valence-electron chi connectivity index (χ0n) is 12.9. The number of hydrogen-bond acceptors (Lipinski definition) is 5. The molecular formula is C15H20N2O5S. The first kappa shape index (κ1) is 17.4. The van der Waals surface area contributed by atoms with Crippen molar-refractivity contribution in [1.82, 2.24) is 4.31 Å². The quantitative estimate of drug-likeness (QED) is 0.798. The minimum Gasteiger partial charge on any atom is -0.452 e. The van der Waals surface area contributed by atoms with E-state index in [1.54, 1.807) is 13.0 Å². The number of rotatable bonds is 5. The van der Waals surface area contributed by atoms with Crippen LogP contribution in [-0.4, -0.2) is 44.3 Å². The summed E-state index contributed by atoms with van der Waals surface area (Å²) in [5.74, 6) is -1.54. The van der Waals surface area contributed by atoms with E-state index >= 15 is 0 Å². The predicted molar refractivity (Wildman–Crippen MR) is 83.3 cm³/mol. The van der Waals surface area contributed by atoms with Crippen molar-refractivity contribution in [1.29, 1.82) is 0 Å². The van der Waals surface area contributed by atoms with E-state index in [2.05, 4.69) is 0 Å². The third-order valence-corrected chi connectivity index (χ3v) is 5.62. The number of benzene rings is 1. The van der Waals surface area contributed by atoms with E-state index in [4.69, 9.17) is 10.5 Å². The Labute approximate surface area is 135 Å². The smallest absolute Gasteiger partial charge is 0.338 e. The second-order valence-electron chi connectivity index (χ2n) is 5.48. The van der Waals surface area contributed by atoms with E-state index in [1.807, 2.05) is 0 Å². The lowest BCUT2D eigenvalue weighted by molar-refractivity contribution is -0.121. The van der Waals surface area contributed by atoms with Crippen molar-refractivity contribution < 1.29 is 22.7 Å². The zero-order chi connectivity index (χ0) is 17.0. The predicted octanol–water partition coefficient (Wildman–Crippen LogP) is 0.812. The number of carbonyl (C=O) groups is 2. The molecule has 0 atom stereocenters. The Morgan fingerprint density at radius 2 is 1.87 bits per heavy atom. The topological polar surface area (TPSA) is 107 Å². The van der Waals surface area contributed by atoms with E-state index in [1.165, 1.54) is 16.4 Å². The van der Waals surface area contributed by atoms with Crippen LogP contribution in [0, 0.1) is 6.92 Å². The number of esters is 1. The van der Waals surface area contributed by atoms with Gasteiger partial charge in [-0.05, 0) is 37.5 Å². The number of carbonyl (C=O) groups excluding carboxylic acids is 2. The summed E-state index contributed by atoms with van der Waals surface area (Å²) in [5.41, 5.74) is 5.62. The minimum atomic E-state index is -3.63. The highest BCUT2D eigenvalue weighted by molar-refractivity contribution is 7.89. The Bertz CT molecular complexity index is 709. The van der Waals surface area contributed by atoms with Crippen LogP contribution >= 0.6 is 0 Å². The molecule has 0 radical (unpaired) electrons. The molecule has 126 valence electrons.